The molecule has 0 N–H and O–H groups in total. The Morgan fingerprint density at radius 3 is 2.41 bits per heavy atom. The minimum Gasteiger partial charge on any atom is -0.497 e. The summed E-state index contributed by atoms with van der Waals surface area (Å²) in [5.41, 5.74) is 2.72. The van der Waals surface area contributed by atoms with Crippen LogP contribution in [0.3, 0.4) is 0 Å². The van der Waals surface area contributed by atoms with Gasteiger partial charge in [-0.2, -0.15) is 0 Å². The number of aromatic nitrogens is 1. The standard InChI is InChI=1S/C17H14BrNO3/c1-20-13-7-8-16(21-2)14(9-13)17-15(10-19-22-17)11-3-5-12(18)6-4-11/h3-10H,1-2H3. The molecule has 0 aliphatic rings. The second-order valence-corrected chi connectivity index (χ2v) is 5.56. The van der Waals surface area contributed by atoms with Crippen molar-refractivity contribution in [3.63, 3.8) is 0 Å². The van der Waals surface area contributed by atoms with E-state index in [0.29, 0.717) is 11.5 Å². The molecule has 1 heterocycles. The largest absolute Gasteiger partial charge is 0.497 e. The summed E-state index contributed by atoms with van der Waals surface area (Å²) in [4.78, 5) is 0. The van der Waals surface area contributed by atoms with Gasteiger partial charge < -0.3 is 14.0 Å². The Morgan fingerprint density at radius 2 is 1.73 bits per heavy atom. The maximum absolute atomic E-state index is 5.48. The molecule has 0 saturated heterocycles. The topological polar surface area (TPSA) is 44.5 Å². The molecule has 0 saturated carbocycles. The van der Waals surface area contributed by atoms with Crippen molar-refractivity contribution >= 4 is 15.9 Å². The van der Waals surface area contributed by atoms with Crippen LogP contribution in [0, 0.1) is 0 Å². The third-order valence-electron chi connectivity index (χ3n) is 3.38. The summed E-state index contributed by atoms with van der Waals surface area (Å²) in [5.74, 6) is 2.09. The van der Waals surface area contributed by atoms with Crippen LogP contribution in [0.5, 0.6) is 11.5 Å². The van der Waals surface area contributed by atoms with Crippen LogP contribution in [0.15, 0.2) is 57.7 Å². The fourth-order valence-corrected chi connectivity index (χ4v) is 2.52. The zero-order valence-corrected chi connectivity index (χ0v) is 13.8. The van der Waals surface area contributed by atoms with Crippen molar-refractivity contribution in [2.45, 2.75) is 0 Å². The molecule has 0 aliphatic carbocycles. The van der Waals surface area contributed by atoms with Gasteiger partial charge in [0.1, 0.15) is 11.5 Å². The van der Waals surface area contributed by atoms with Crippen LogP contribution in [0.1, 0.15) is 0 Å². The van der Waals surface area contributed by atoms with Crippen molar-refractivity contribution < 1.29 is 14.0 Å². The molecule has 0 radical (unpaired) electrons. The monoisotopic (exact) mass is 359 g/mol. The van der Waals surface area contributed by atoms with Crippen molar-refractivity contribution in [3.05, 3.63) is 53.1 Å². The molecule has 0 atom stereocenters. The average molecular weight is 360 g/mol. The van der Waals surface area contributed by atoms with Gasteiger partial charge in [-0.3, -0.25) is 0 Å². The summed E-state index contributed by atoms with van der Waals surface area (Å²) in [6.45, 7) is 0. The van der Waals surface area contributed by atoms with E-state index in [4.69, 9.17) is 14.0 Å². The maximum Gasteiger partial charge on any atom is 0.178 e. The second kappa shape index (κ2) is 6.23. The number of hydrogen-bond donors (Lipinski definition) is 0. The Hall–Kier alpha value is -2.27. The van der Waals surface area contributed by atoms with Gasteiger partial charge in [0.2, 0.25) is 0 Å². The van der Waals surface area contributed by atoms with Crippen molar-refractivity contribution in [2.24, 2.45) is 0 Å². The van der Waals surface area contributed by atoms with Crippen molar-refractivity contribution in [1.29, 1.82) is 0 Å². The molecule has 0 aliphatic heterocycles. The smallest absolute Gasteiger partial charge is 0.178 e. The molecule has 5 heteroatoms. The van der Waals surface area contributed by atoms with Crippen LogP contribution in [0.25, 0.3) is 22.5 Å². The van der Waals surface area contributed by atoms with E-state index < -0.39 is 0 Å². The highest BCUT2D eigenvalue weighted by atomic mass is 79.9. The number of benzene rings is 2. The number of halogens is 1. The molecular formula is C17H14BrNO3. The van der Waals surface area contributed by atoms with E-state index in [0.717, 1.165) is 26.9 Å². The summed E-state index contributed by atoms with van der Waals surface area (Å²) < 4.78 is 17.2. The van der Waals surface area contributed by atoms with E-state index in [1.165, 1.54) is 0 Å². The highest BCUT2D eigenvalue weighted by Crippen LogP contribution is 2.39. The van der Waals surface area contributed by atoms with Gasteiger partial charge in [0.05, 0.1) is 26.0 Å². The molecule has 1 aromatic heterocycles. The Bertz CT molecular complexity index is 781. The number of hydrogen-bond acceptors (Lipinski definition) is 4. The summed E-state index contributed by atoms with van der Waals surface area (Å²) in [6.07, 6.45) is 1.71. The zero-order chi connectivity index (χ0) is 15.5. The Balaban J connectivity index is 2.14. The maximum atomic E-state index is 5.48. The third kappa shape index (κ3) is 2.72. The summed E-state index contributed by atoms with van der Waals surface area (Å²) in [6, 6.07) is 13.5. The molecule has 0 bridgehead atoms. The highest BCUT2D eigenvalue weighted by molar-refractivity contribution is 9.10. The minimum absolute atomic E-state index is 0.651. The lowest BCUT2D eigenvalue weighted by Gasteiger charge is -2.09. The van der Waals surface area contributed by atoms with Crippen LogP contribution < -0.4 is 9.47 Å². The first-order valence-electron chi connectivity index (χ1n) is 6.66. The lowest BCUT2D eigenvalue weighted by atomic mass is 10.0. The molecule has 0 amide bonds. The van der Waals surface area contributed by atoms with E-state index in [1.807, 2.05) is 42.5 Å². The lowest BCUT2D eigenvalue weighted by Crippen LogP contribution is -1.90. The number of rotatable bonds is 4. The molecule has 4 nitrogen and oxygen atoms in total. The fraction of sp³-hybridized carbons (Fsp3) is 0.118. The third-order valence-corrected chi connectivity index (χ3v) is 3.91. The van der Waals surface area contributed by atoms with E-state index in [9.17, 15) is 0 Å². The molecule has 22 heavy (non-hydrogen) atoms. The van der Waals surface area contributed by atoms with Gasteiger partial charge >= 0.3 is 0 Å². The molecule has 0 fully saturated rings. The van der Waals surface area contributed by atoms with E-state index in [1.54, 1.807) is 20.4 Å². The van der Waals surface area contributed by atoms with Crippen molar-refractivity contribution in [3.8, 4) is 33.9 Å². The Labute approximate surface area is 136 Å². The molecule has 2 aromatic carbocycles. The molecule has 3 aromatic rings. The van der Waals surface area contributed by atoms with E-state index in [2.05, 4.69) is 21.1 Å². The van der Waals surface area contributed by atoms with Crippen LogP contribution in [-0.2, 0) is 0 Å². The van der Waals surface area contributed by atoms with Gasteiger partial charge in [0.25, 0.3) is 0 Å². The van der Waals surface area contributed by atoms with E-state index >= 15 is 0 Å². The first kappa shape index (κ1) is 14.7. The van der Waals surface area contributed by atoms with Crippen molar-refractivity contribution in [1.82, 2.24) is 5.16 Å². The van der Waals surface area contributed by atoms with Crippen LogP contribution in [0.2, 0.25) is 0 Å². The zero-order valence-electron chi connectivity index (χ0n) is 12.2. The fourth-order valence-electron chi connectivity index (χ4n) is 2.26. The van der Waals surface area contributed by atoms with Gasteiger partial charge in [0, 0.05) is 10.0 Å². The van der Waals surface area contributed by atoms with Gasteiger partial charge in [-0.05, 0) is 35.9 Å². The Kier molecular flexibility index (Phi) is 4.15. The normalized spacial score (nSPS) is 10.5. The predicted molar refractivity (Wildman–Crippen MR) is 88.2 cm³/mol. The predicted octanol–water partition coefficient (Wildman–Crippen LogP) is 4.79. The first-order chi connectivity index (χ1) is 10.7. The van der Waals surface area contributed by atoms with Gasteiger partial charge in [-0.15, -0.1) is 0 Å². The average Bonchev–Trinajstić information content (AvgIpc) is 3.04. The molecule has 3 rings (SSSR count). The number of nitrogens with zero attached hydrogens (tertiary/aromatic N) is 1. The second-order valence-electron chi connectivity index (χ2n) is 4.64. The van der Waals surface area contributed by atoms with Gasteiger partial charge in [0.15, 0.2) is 5.76 Å². The molecule has 112 valence electrons. The van der Waals surface area contributed by atoms with Crippen molar-refractivity contribution in [2.75, 3.05) is 14.2 Å². The Morgan fingerprint density at radius 1 is 0.955 bits per heavy atom. The van der Waals surface area contributed by atoms with Crippen LogP contribution in [0.4, 0.5) is 0 Å². The number of ether oxygens (including phenoxy) is 2. The van der Waals surface area contributed by atoms with Gasteiger partial charge in [-0.25, -0.2) is 0 Å². The SMILES string of the molecule is COc1ccc(OC)c(-c2oncc2-c2ccc(Br)cc2)c1. The summed E-state index contributed by atoms with van der Waals surface area (Å²) >= 11 is 3.44. The van der Waals surface area contributed by atoms with E-state index in [-0.39, 0.29) is 0 Å². The highest BCUT2D eigenvalue weighted by Gasteiger charge is 2.17. The van der Waals surface area contributed by atoms with Gasteiger partial charge in [-0.1, -0.05) is 33.2 Å². The number of methoxy groups -OCH3 is 2. The van der Waals surface area contributed by atoms with Crippen LogP contribution >= 0.6 is 15.9 Å². The molecular weight excluding hydrogens is 346 g/mol. The molecule has 0 unspecified atom stereocenters. The summed E-state index contributed by atoms with van der Waals surface area (Å²) in [7, 11) is 3.25. The summed E-state index contributed by atoms with van der Waals surface area (Å²) in [5, 5.41) is 3.95. The van der Waals surface area contributed by atoms with Crippen LogP contribution in [-0.4, -0.2) is 19.4 Å². The lowest BCUT2D eigenvalue weighted by molar-refractivity contribution is 0.398. The first-order valence-corrected chi connectivity index (χ1v) is 7.45. The quantitative estimate of drug-likeness (QED) is 0.671. The minimum atomic E-state index is 0.651. The molecule has 0 spiro atoms.